The fourth-order valence-electron chi connectivity index (χ4n) is 2.07. The van der Waals surface area contributed by atoms with Gasteiger partial charge in [-0.25, -0.2) is 0 Å². The van der Waals surface area contributed by atoms with E-state index < -0.39 is 0 Å². The van der Waals surface area contributed by atoms with Gasteiger partial charge in [0, 0.05) is 13.7 Å². The van der Waals surface area contributed by atoms with Gasteiger partial charge in [-0.2, -0.15) is 0 Å². The summed E-state index contributed by atoms with van der Waals surface area (Å²) in [4.78, 5) is 11.7. The maximum Gasteiger partial charge on any atom is 0.246 e. The molecule has 5 heteroatoms. The Bertz CT molecular complexity index is 616. The Balaban J connectivity index is 1.75. The first kappa shape index (κ1) is 18.0. The monoisotopic (exact) mass is 329 g/mol. The van der Waals surface area contributed by atoms with Crippen molar-refractivity contribution in [2.75, 3.05) is 26.9 Å². The molecule has 0 saturated carbocycles. The molecule has 24 heavy (non-hydrogen) atoms. The van der Waals surface area contributed by atoms with Crippen LogP contribution in [0.1, 0.15) is 11.1 Å². The fraction of sp³-hybridized carbons (Fsp3) is 0.316. The van der Waals surface area contributed by atoms with E-state index in [1.54, 1.807) is 7.11 Å². The van der Waals surface area contributed by atoms with Crippen molar-refractivity contribution >= 4 is 5.91 Å². The minimum atomic E-state index is -0.142. The minimum absolute atomic E-state index is 0.0418. The van der Waals surface area contributed by atoms with Crippen molar-refractivity contribution < 1.29 is 19.0 Å². The fourth-order valence-corrected chi connectivity index (χ4v) is 2.07. The third-order valence-corrected chi connectivity index (χ3v) is 3.29. The molecule has 2 aromatic rings. The Morgan fingerprint density at radius 1 is 1.00 bits per heavy atom. The molecule has 5 nitrogen and oxygen atoms in total. The van der Waals surface area contributed by atoms with Crippen LogP contribution in [0, 0.1) is 0 Å². The highest BCUT2D eigenvalue weighted by atomic mass is 16.5. The Morgan fingerprint density at radius 2 is 1.79 bits per heavy atom. The molecule has 0 aromatic heterocycles. The van der Waals surface area contributed by atoms with Gasteiger partial charge in [0.25, 0.3) is 0 Å². The second kappa shape index (κ2) is 10.4. The third-order valence-electron chi connectivity index (χ3n) is 3.29. The number of hydrogen-bond donors (Lipinski definition) is 1. The van der Waals surface area contributed by atoms with Crippen LogP contribution in [0.25, 0.3) is 0 Å². The van der Waals surface area contributed by atoms with Crippen molar-refractivity contribution in [1.29, 1.82) is 0 Å². The molecule has 1 N–H and O–H groups in total. The molecule has 0 saturated heterocycles. The molecule has 0 aliphatic heterocycles. The predicted molar refractivity (Wildman–Crippen MR) is 91.8 cm³/mol. The predicted octanol–water partition coefficient (Wildman–Crippen LogP) is 2.54. The lowest BCUT2D eigenvalue weighted by molar-refractivity contribution is -0.126. The summed E-state index contributed by atoms with van der Waals surface area (Å²) in [5, 5.41) is 2.83. The molecule has 2 rings (SSSR count). The van der Waals surface area contributed by atoms with Crippen LogP contribution in [0.3, 0.4) is 0 Å². The van der Waals surface area contributed by atoms with E-state index in [1.165, 1.54) is 0 Å². The first-order valence-electron chi connectivity index (χ1n) is 7.87. The van der Waals surface area contributed by atoms with Crippen LogP contribution < -0.4 is 10.1 Å². The number of methoxy groups -OCH3 is 1. The first-order valence-corrected chi connectivity index (χ1v) is 7.87. The zero-order chi connectivity index (χ0) is 17.0. The topological polar surface area (TPSA) is 56.8 Å². The van der Waals surface area contributed by atoms with Gasteiger partial charge in [-0.05, 0) is 23.3 Å². The van der Waals surface area contributed by atoms with Crippen LogP contribution in [0.15, 0.2) is 54.6 Å². The largest absolute Gasteiger partial charge is 0.489 e. The second-order valence-corrected chi connectivity index (χ2v) is 5.24. The number of carbonyl (C=O) groups is 1. The molecule has 0 spiro atoms. The van der Waals surface area contributed by atoms with Gasteiger partial charge < -0.3 is 19.5 Å². The summed E-state index contributed by atoms with van der Waals surface area (Å²) in [5.41, 5.74) is 2.08. The molecule has 0 radical (unpaired) electrons. The summed E-state index contributed by atoms with van der Waals surface area (Å²) in [6, 6.07) is 17.6. The summed E-state index contributed by atoms with van der Waals surface area (Å²) in [6.07, 6.45) is 0. The maximum atomic E-state index is 11.7. The normalized spacial score (nSPS) is 10.4. The lowest BCUT2D eigenvalue weighted by atomic mass is 10.1. The molecule has 1 amide bonds. The van der Waals surface area contributed by atoms with Crippen LogP contribution in [0.5, 0.6) is 5.75 Å². The van der Waals surface area contributed by atoms with Crippen LogP contribution in [-0.2, 0) is 27.4 Å². The standard InChI is InChI=1S/C19H23NO4/c1-22-10-11-23-15-19(21)20-13-16-6-5-7-17(12-16)14-24-18-8-3-2-4-9-18/h2-9,12H,10-11,13-15H2,1H3,(H,20,21). The van der Waals surface area contributed by atoms with E-state index in [2.05, 4.69) is 5.32 Å². The highest BCUT2D eigenvalue weighted by Crippen LogP contribution is 2.12. The highest BCUT2D eigenvalue weighted by Gasteiger charge is 2.03. The Hall–Kier alpha value is -2.37. The number of nitrogens with one attached hydrogen (secondary N) is 1. The van der Waals surface area contributed by atoms with Crippen molar-refractivity contribution in [3.63, 3.8) is 0 Å². The van der Waals surface area contributed by atoms with Crippen LogP contribution >= 0.6 is 0 Å². The van der Waals surface area contributed by atoms with Crippen LogP contribution in [0.2, 0.25) is 0 Å². The highest BCUT2D eigenvalue weighted by molar-refractivity contribution is 5.77. The SMILES string of the molecule is COCCOCC(=O)NCc1cccc(COc2ccccc2)c1. The van der Waals surface area contributed by atoms with Gasteiger partial charge in [-0.1, -0.05) is 42.5 Å². The molecule has 0 aliphatic rings. The Kier molecular flexibility index (Phi) is 7.80. The summed E-state index contributed by atoms with van der Waals surface area (Å²) in [7, 11) is 1.60. The molecular formula is C19H23NO4. The van der Waals surface area contributed by atoms with E-state index in [4.69, 9.17) is 14.2 Å². The van der Waals surface area contributed by atoms with Crippen LogP contribution in [-0.4, -0.2) is 32.8 Å². The number of carbonyl (C=O) groups excluding carboxylic acids is 1. The van der Waals surface area contributed by atoms with Gasteiger partial charge in [0.1, 0.15) is 19.0 Å². The summed E-state index contributed by atoms with van der Waals surface area (Å²) in [6.45, 7) is 1.89. The molecule has 0 unspecified atom stereocenters. The number of rotatable bonds is 10. The van der Waals surface area contributed by atoms with E-state index in [-0.39, 0.29) is 12.5 Å². The van der Waals surface area contributed by atoms with Gasteiger partial charge in [0.2, 0.25) is 5.91 Å². The summed E-state index contributed by atoms with van der Waals surface area (Å²) >= 11 is 0. The smallest absolute Gasteiger partial charge is 0.246 e. The van der Waals surface area contributed by atoms with Crippen molar-refractivity contribution in [1.82, 2.24) is 5.32 Å². The summed E-state index contributed by atoms with van der Waals surface area (Å²) in [5.74, 6) is 0.696. The first-order chi connectivity index (χ1) is 11.8. The number of ether oxygens (including phenoxy) is 3. The average Bonchev–Trinajstić information content (AvgIpc) is 2.63. The lowest BCUT2D eigenvalue weighted by Gasteiger charge is -2.09. The Labute approximate surface area is 142 Å². The zero-order valence-corrected chi connectivity index (χ0v) is 13.9. The number of para-hydroxylation sites is 1. The maximum absolute atomic E-state index is 11.7. The van der Waals surface area contributed by atoms with Gasteiger partial charge in [-0.15, -0.1) is 0 Å². The van der Waals surface area contributed by atoms with Gasteiger partial charge in [0.05, 0.1) is 13.2 Å². The number of benzene rings is 2. The third kappa shape index (κ3) is 6.81. The molecule has 2 aromatic carbocycles. The molecule has 0 fully saturated rings. The number of hydrogen-bond acceptors (Lipinski definition) is 4. The average molecular weight is 329 g/mol. The van der Waals surface area contributed by atoms with Crippen LogP contribution in [0.4, 0.5) is 0 Å². The van der Waals surface area contributed by atoms with Gasteiger partial charge in [-0.3, -0.25) is 4.79 Å². The molecule has 0 aliphatic carbocycles. The van der Waals surface area contributed by atoms with E-state index in [0.29, 0.717) is 26.4 Å². The van der Waals surface area contributed by atoms with Crippen molar-refractivity contribution in [3.05, 3.63) is 65.7 Å². The molecule has 0 bridgehead atoms. The van der Waals surface area contributed by atoms with Crippen molar-refractivity contribution in [3.8, 4) is 5.75 Å². The molecule has 0 atom stereocenters. The number of amides is 1. The summed E-state index contributed by atoms with van der Waals surface area (Å²) < 4.78 is 15.8. The Morgan fingerprint density at radius 3 is 2.58 bits per heavy atom. The second-order valence-electron chi connectivity index (χ2n) is 5.24. The lowest BCUT2D eigenvalue weighted by Crippen LogP contribution is -2.27. The molecular weight excluding hydrogens is 306 g/mol. The van der Waals surface area contributed by atoms with Gasteiger partial charge >= 0.3 is 0 Å². The zero-order valence-electron chi connectivity index (χ0n) is 13.9. The van der Waals surface area contributed by atoms with Gasteiger partial charge in [0.15, 0.2) is 0 Å². The van der Waals surface area contributed by atoms with E-state index in [9.17, 15) is 4.79 Å². The van der Waals surface area contributed by atoms with E-state index >= 15 is 0 Å². The van der Waals surface area contributed by atoms with Crippen molar-refractivity contribution in [2.45, 2.75) is 13.2 Å². The molecule has 128 valence electrons. The van der Waals surface area contributed by atoms with E-state index in [0.717, 1.165) is 16.9 Å². The minimum Gasteiger partial charge on any atom is -0.489 e. The quantitative estimate of drug-likeness (QED) is 0.681. The van der Waals surface area contributed by atoms with Crippen molar-refractivity contribution in [2.24, 2.45) is 0 Å². The van der Waals surface area contributed by atoms with E-state index in [1.807, 2.05) is 54.6 Å². The molecule has 0 heterocycles.